The lowest BCUT2D eigenvalue weighted by Crippen LogP contribution is -2.46. The van der Waals surface area contributed by atoms with Gasteiger partial charge in [-0.05, 0) is 25.3 Å². The van der Waals surface area contributed by atoms with Gasteiger partial charge in [0, 0.05) is 30.7 Å². The number of ether oxygens (including phenoxy) is 1. The van der Waals surface area contributed by atoms with Crippen molar-refractivity contribution in [2.24, 2.45) is 11.3 Å². The molecule has 2 aromatic heterocycles. The molecular weight excluding hydrogens is 879 g/mol. The van der Waals surface area contributed by atoms with Crippen LogP contribution in [-0.2, 0) is 56.4 Å². The standard InChI is InChI=1S/C32H52N7O17P3S/c1-31(2,27(43)30(44)35-13-12-22(40)34-14-15-60-23(41)11-7-10-20-8-5-4-6-9-20)17-53-59(50,51)56-58(48,49)52-16-21-25(55-57(45,46)47)26(42)32(3,54-21)39-19-38-24-28(33)36-18-37-29(24)39/h7,11,18-21,25-27,42-43H,4-6,8-10,12-17H2,1-3H3,(H,34,40)(H,35,44)(H,48,49)(H,50,51)(H2,33,36,37)(H2,45,46,47). The topological polar surface area (TPSA) is 364 Å². The summed E-state index contributed by atoms with van der Waals surface area (Å²) in [5.41, 5.74) is 2.32. The van der Waals surface area contributed by atoms with Crippen molar-refractivity contribution >= 4 is 69.1 Å². The minimum Gasteiger partial charge on any atom is -0.385 e. The maximum absolute atomic E-state index is 12.8. The number of imidazole rings is 1. The third kappa shape index (κ3) is 14.4. The molecule has 10 N–H and O–H groups in total. The van der Waals surface area contributed by atoms with Gasteiger partial charge in [-0.2, -0.15) is 4.31 Å². The molecule has 1 saturated heterocycles. The highest BCUT2D eigenvalue weighted by Crippen LogP contribution is 2.61. The third-order valence-corrected chi connectivity index (χ3v) is 13.6. The lowest BCUT2D eigenvalue weighted by molar-refractivity contribution is -0.137. The molecule has 3 heterocycles. The van der Waals surface area contributed by atoms with Crippen LogP contribution in [0.4, 0.5) is 5.82 Å². The Morgan fingerprint density at radius 1 is 1.07 bits per heavy atom. The van der Waals surface area contributed by atoms with Crippen molar-refractivity contribution < 1.29 is 80.5 Å². The summed E-state index contributed by atoms with van der Waals surface area (Å²) < 4.78 is 62.8. The predicted octanol–water partition coefficient (Wildman–Crippen LogP) is 1.37. The molecule has 4 rings (SSSR count). The number of aliphatic hydroxyl groups is 2. The van der Waals surface area contributed by atoms with Crippen LogP contribution in [0.5, 0.6) is 0 Å². The Hall–Kier alpha value is -2.70. The first-order valence-corrected chi connectivity index (χ1v) is 24.2. The SMILES string of the molecule is CC(C)(COP(=O)(O)OP(=O)(O)OCC1OC(C)(n2cnc3c(N)ncnc32)C(O)C1OP(=O)(O)O)C(O)C(=O)NCCC(=O)NCCSC(=O)C=CCC1CCCCC1. The number of hydrogen-bond donors (Lipinski definition) is 9. The van der Waals surface area contributed by atoms with Crippen molar-refractivity contribution in [1.29, 1.82) is 0 Å². The van der Waals surface area contributed by atoms with E-state index in [1.54, 1.807) is 6.08 Å². The molecule has 1 saturated carbocycles. The molecular formula is C32H52N7O17P3S. The zero-order chi connectivity index (χ0) is 44.5. The number of carbonyl (C=O) groups is 3. The van der Waals surface area contributed by atoms with Crippen molar-refractivity contribution in [1.82, 2.24) is 30.2 Å². The van der Waals surface area contributed by atoms with Crippen LogP contribution < -0.4 is 16.4 Å². The van der Waals surface area contributed by atoms with E-state index in [0.29, 0.717) is 11.7 Å². The van der Waals surface area contributed by atoms with Gasteiger partial charge in [-0.15, -0.1) is 0 Å². The summed E-state index contributed by atoms with van der Waals surface area (Å²) >= 11 is 1.07. The number of aromatic nitrogens is 4. The van der Waals surface area contributed by atoms with E-state index in [4.69, 9.17) is 24.0 Å². The molecule has 1 aliphatic heterocycles. The van der Waals surface area contributed by atoms with Crippen molar-refractivity contribution in [3.8, 4) is 0 Å². The fraction of sp³-hybridized carbons (Fsp3) is 0.688. The van der Waals surface area contributed by atoms with Crippen LogP contribution in [0.3, 0.4) is 0 Å². The van der Waals surface area contributed by atoms with Gasteiger partial charge in [0.15, 0.2) is 17.2 Å². The molecule has 7 unspecified atom stereocenters. The number of nitrogens with one attached hydrogen (secondary N) is 2. The molecule has 0 radical (unpaired) electrons. The predicted molar refractivity (Wildman–Crippen MR) is 212 cm³/mol. The first kappa shape index (κ1) is 50.0. The van der Waals surface area contributed by atoms with Gasteiger partial charge in [0.05, 0.1) is 19.5 Å². The van der Waals surface area contributed by atoms with Crippen LogP contribution >= 0.6 is 35.2 Å². The molecule has 2 aliphatic rings. The number of fused-ring (bicyclic) bond motifs is 1. The van der Waals surface area contributed by atoms with E-state index >= 15 is 0 Å². The van der Waals surface area contributed by atoms with E-state index in [2.05, 4.69) is 29.9 Å². The van der Waals surface area contributed by atoms with Gasteiger partial charge < -0.3 is 50.9 Å². The summed E-state index contributed by atoms with van der Waals surface area (Å²) in [4.78, 5) is 88.3. The maximum Gasteiger partial charge on any atom is 0.481 e. The van der Waals surface area contributed by atoms with Gasteiger partial charge in [0.25, 0.3) is 0 Å². The van der Waals surface area contributed by atoms with Gasteiger partial charge in [-0.1, -0.05) is 63.8 Å². The number of carbonyl (C=O) groups excluding carboxylic acids is 3. The lowest BCUT2D eigenvalue weighted by Gasteiger charge is -2.30. The maximum atomic E-state index is 12.8. The number of hydrogen-bond acceptors (Lipinski definition) is 18. The Morgan fingerprint density at radius 2 is 1.75 bits per heavy atom. The molecule has 338 valence electrons. The van der Waals surface area contributed by atoms with Gasteiger partial charge >= 0.3 is 23.5 Å². The first-order valence-electron chi connectivity index (χ1n) is 18.7. The largest absolute Gasteiger partial charge is 0.481 e. The molecule has 1 aliphatic carbocycles. The molecule has 2 aromatic rings. The quantitative estimate of drug-likeness (QED) is 0.0457. The highest BCUT2D eigenvalue weighted by Gasteiger charge is 2.57. The van der Waals surface area contributed by atoms with Crippen LogP contribution in [0.25, 0.3) is 11.2 Å². The first-order chi connectivity index (χ1) is 27.9. The fourth-order valence-electron chi connectivity index (χ4n) is 6.42. The Balaban J connectivity index is 1.21. The normalized spacial score (nSPS) is 24.2. The Kier molecular flexibility index (Phi) is 17.6. The van der Waals surface area contributed by atoms with E-state index in [9.17, 15) is 57.9 Å². The number of nitrogen functional groups attached to an aromatic ring is 1. The second-order valence-corrected chi connectivity index (χ2v) is 20.3. The zero-order valence-corrected chi connectivity index (χ0v) is 36.5. The minimum absolute atomic E-state index is 0.0205. The van der Waals surface area contributed by atoms with Crippen LogP contribution in [-0.4, -0.2) is 123 Å². The summed E-state index contributed by atoms with van der Waals surface area (Å²) in [5.74, 6) is -0.475. The van der Waals surface area contributed by atoms with E-state index in [1.165, 1.54) is 52.9 Å². The molecule has 0 bridgehead atoms. The highest BCUT2D eigenvalue weighted by molar-refractivity contribution is 8.14. The van der Waals surface area contributed by atoms with E-state index in [0.717, 1.165) is 35.4 Å². The van der Waals surface area contributed by atoms with Gasteiger partial charge in [-0.3, -0.25) is 32.5 Å². The monoisotopic (exact) mass is 931 g/mol. The Bertz CT molecular complexity index is 2000. The third-order valence-electron chi connectivity index (χ3n) is 9.68. The second kappa shape index (κ2) is 21.1. The Morgan fingerprint density at radius 3 is 2.43 bits per heavy atom. The Labute approximate surface area is 348 Å². The number of phosphoric acid groups is 3. The number of aliphatic hydroxyl groups excluding tert-OH is 2. The van der Waals surface area contributed by atoms with E-state index in [1.807, 2.05) is 6.08 Å². The number of phosphoric ester groups is 3. The number of allylic oxidation sites excluding steroid dienone is 1. The van der Waals surface area contributed by atoms with Crippen molar-refractivity contribution in [3.63, 3.8) is 0 Å². The molecule has 0 spiro atoms. The minimum atomic E-state index is -5.59. The number of amides is 2. The summed E-state index contributed by atoms with van der Waals surface area (Å²) in [6, 6.07) is 0. The molecule has 0 aromatic carbocycles. The average molecular weight is 932 g/mol. The van der Waals surface area contributed by atoms with Crippen molar-refractivity contribution in [3.05, 3.63) is 24.8 Å². The molecule has 2 amide bonds. The number of anilines is 1. The van der Waals surface area contributed by atoms with Crippen molar-refractivity contribution in [2.75, 3.05) is 37.8 Å². The van der Waals surface area contributed by atoms with Gasteiger partial charge in [0.1, 0.15) is 36.3 Å². The van der Waals surface area contributed by atoms with Crippen LogP contribution in [0.15, 0.2) is 24.8 Å². The summed E-state index contributed by atoms with van der Waals surface area (Å²) in [5, 5.41) is 26.6. The molecule has 28 heteroatoms. The van der Waals surface area contributed by atoms with Crippen molar-refractivity contribution in [2.45, 2.75) is 95.9 Å². The number of rotatable bonds is 22. The van der Waals surface area contributed by atoms with E-state index < -0.39 is 84.1 Å². The van der Waals surface area contributed by atoms with Gasteiger partial charge in [0.2, 0.25) is 16.9 Å². The zero-order valence-electron chi connectivity index (χ0n) is 33.0. The highest BCUT2D eigenvalue weighted by atomic mass is 32.2. The van der Waals surface area contributed by atoms with E-state index in [-0.39, 0.29) is 41.6 Å². The van der Waals surface area contributed by atoms with Crippen LogP contribution in [0.1, 0.15) is 65.7 Å². The fourth-order valence-corrected chi connectivity index (χ4v) is 9.84. The molecule has 2 fully saturated rings. The number of nitrogens with zero attached hydrogens (tertiary/aromatic N) is 4. The average Bonchev–Trinajstić information content (AvgIpc) is 3.71. The number of thioether (sulfide) groups is 1. The summed E-state index contributed by atoms with van der Waals surface area (Å²) in [6.07, 6.45) is 4.94. The van der Waals surface area contributed by atoms with Gasteiger partial charge in [-0.25, -0.2) is 28.6 Å². The number of nitrogens with two attached hydrogens (primary N) is 1. The molecule has 60 heavy (non-hydrogen) atoms. The lowest BCUT2D eigenvalue weighted by atomic mass is 9.87. The second-order valence-electron chi connectivity index (χ2n) is 14.9. The smallest absolute Gasteiger partial charge is 0.385 e. The van der Waals surface area contributed by atoms with Crippen LogP contribution in [0.2, 0.25) is 0 Å². The van der Waals surface area contributed by atoms with Crippen LogP contribution in [0, 0.1) is 11.3 Å². The summed E-state index contributed by atoms with van der Waals surface area (Å²) in [7, 11) is -16.5. The molecule has 24 nitrogen and oxygen atoms in total. The summed E-state index contributed by atoms with van der Waals surface area (Å²) in [6.45, 7) is 1.75. The molecule has 7 atom stereocenters.